The van der Waals surface area contributed by atoms with Crippen molar-refractivity contribution in [1.29, 1.82) is 0 Å². The van der Waals surface area contributed by atoms with Crippen molar-refractivity contribution >= 4 is 22.8 Å². The third-order valence-electron chi connectivity index (χ3n) is 6.09. The van der Waals surface area contributed by atoms with Gasteiger partial charge in [0, 0.05) is 67.7 Å². The Bertz CT molecular complexity index is 874. The van der Waals surface area contributed by atoms with E-state index in [0.29, 0.717) is 24.6 Å². The number of carbonyl (C=O) groups excluding carboxylic acids is 1. The summed E-state index contributed by atoms with van der Waals surface area (Å²) in [7, 11) is 1.74. The van der Waals surface area contributed by atoms with E-state index in [1.165, 1.54) is 24.1 Å². The third-order valence-corrected chi connectivity index (χ3v) is 6.09. The Hall–Kier alpha value is -2.34. The fourth-order valence-corrected chi connectivity index (χ4v) is 4.45. The third kappa shape index (κ3) is 4.81. The number of carbonyl (C=O) groups is 2. The van der Waals surface area contributed by atoms with E-state index in [1.807, 2.05) is 18.2 Å². The van der Waals surface area contributed by atoms with Crippen LogP contribution in [-0.2, 0) is 17.8 Å². The van der Waals surface area contributed by atoms with E-state index in [4.69, 9.17) is 5.11 Å². The second kappa shape index (κ2) is 9.44. The van der Waals surface area contributed by atoms with E-state index >= 15 is 0 Å². The standard InChI is InChI=1S/C23H33N3O3/c1-4-7-17(5-2)26-13-11-21-19(15-26)18-14-16(9-10-20(18)24-21)23(29)25(3)12-6-8-22(27)28/h9-10,14,17,24H,4-8,11-13,15H2,1-3H3,(H,27,28). The molecule has 1 aromatic heterocycles. The van der Waals surface area contributed by atoms with Crippen LogP contribution in [0.1, 0.15) is 67.6 Å². The first kappa shape index (κ1) is 21.4. The summed E-state index contributed by atoms with van der Waals surface area (Å²) in [6, 6.07) is 6.48. The number of aliphatic carboxylic acids is 1. The molecule has 0 spiro atoms. The molecule has 2 aromatic rings. The highest BCUT2D eigenvalue weighted by molar-refractivity contribution is 5.99. The molecule has 6 heteroatoms. The van der Waals surface area contributed by atoms with Crippen molar-refractivity contribution in [2.45, 2.75) is 65.0 Å². The molecule has 0 fully saturated rings. The molecule has 1 aliphatic rings. The second-order valence-electron chi connectivity index (χ2n) is 8.14. The number of hydrogen-bond acceptors (Lipinski definition) is 3. The SMILES string of the molecule is CCCC(CC)N1CCc2[nH]c3ccc(C(=O)N(C)CCCC(=O)O)cc3c2C1. The lowest BCUT2D eigenvalue weighted by atomic mass is 9.99. The number of carboxylic acid groups (broad SMARTS) is 1. The number of aromatic nitrogens is 1. The van der Waals surface area contributed by atoms with Gasteiger partial charge < -0.3 is 15.0 Å². The van der Waals surface area contributed by atoms with E-state index in [9.17, 15) is 9.59 Å². The zero-order valence-electron chi connectivity index (χ0n) is 17.8. The monoisotopic (exact) mass is 399 g/mol. The number of fused-ring (bicyclic) bond motifs is 3. The van der Waals surface area contributed by atoms with Crippen LogP contribution >= 0.6 is 0 Å². The van der Waals surface area contributed by atoms with Crippen LogP contribution in [0.2, 0.25) is 0 Å². The fourth-order valence-electron chi connectivity index (χ4n) is 4.45. The van der Waals surface area contributed by atoms with Gasteiger partial charge in [-0.3, -0.25) is 14.5 Å². The van der Waals surface area contributed by atoms with Gasteiger partial charge in [-0.05, 0) is 43.0 Å². The number of hydrogen-bond donors (Lipinski definition) is 2. The number of benzene rings is 1. The van der Waals surface area contributed by atoms with Crippen LogP contribution < -0.4 is 0 Å². The zero-order chi connectivity index (χ0) is 21.0. The largest absolute Gasteiger partial charge is 0.481 e. The van der Waals surface area contributed by atoms with Gasteiger partial charge in [0.15, 0.2) is 0 Å². The van der Waals surface area contributed by atoms with Gasteiger partial charge in [0.1, 0.15) is 0 Å². The molecule has 158 valence electrons. The van der Waals surface area contributed by atoms with Gasteiger partial charge >= 0.3 is 5.97 Å². The Balaban J connectivity index is 1.80. The molecule has 1 aliphatic heterocycles. The Morgan fingerprint density at radius 3 is 2.79 bits per heavy atom. The van der Waals surface area contributed by atoms with Crippen LogP contribution in [0.15, 0.2) is 18.2 Å². The number of rotatable bonds is 9. The van der Waals surface area contributed by atoms with Gasteiger partial charge in [-0.15, -0.1) is 0 Å². The van der Waals surface area contributed by atoms with Crippen molar-refractivity contribution in [2.75, 3.05) is 20.1 Å². The molecule has 0 aliphatic carbocycles. The lowest BCUT2D eigenvalue weighted by Gasteiger charge is -2.34. The molecule has 3 rings (SSSR count). The number of carboxylic acids is 1. The van der Waals surface area contributed by atoms with Gasteiger partial charge in [-0.1, -0.05) is 20.3 Å². The first-order valence-corrected chi connectivity index (χ1v) is 10.8. The number of aromatic amines is 1. The van der Waals surface area contributed by atoms with Gasteiger partial charge in [-0.25, -0.2) is 0 Å². The van der Waals surface area contributed by atoms with Crippen LogP contribution in [0.25, 0.3) is 10.9 Å². The number of H-pyrrole nitrogens is 1. The average molecular weight is 400 g/mol. The molecule has 6 nitrogen and oxygen atoms in total. The summed E-state index contributed by atoms with van der Waals surface area (Å²) >= 11 is 0. The van der Waals surface area contributed by atoms with Crippen LogP contribution in [0.3, 0.4) is 0 Å². The highest BCUT2D eigenvalue weighted by Gasteiger charge is 2.25. The summed E-state index contributed by atoms with van der Waals surface area (Å²) in [5.41, 5.74) is 4.37. The maximum Gasteiger partial charge on any atom is 0.303 e. The molecule has 0 bridgehead atoms. The summed E-state index contributed by atoms with van der Waals surface area (Å²) in [4.78, 5) is 31.3. The van der Waals surface area contributed by atoms with Crippen molar-refractivity contribution in [3.8, 4) is 0 Å². The van der Waals surface area contributed by atoms with E-state index in [0.717, 1.165) is 36.8 Å². The molecular weight excluding hydrogens is 366 g/mol. The maximum atomic E-state index is 12.8. The van der Waals surface area contributed by atoms with E-state index < -0.39 is 5.97 Å². The Kier molecular flexibility index (Phi) is 6.96. The van der Waals surface area contributed by atoms with Crippen molar-refractivity contribution < 1.29 is 14.7 Å². The molecule has 1 aromatic carbocycles. The summed E-state index contributed by atoms with van der Waals surface area (Å²) in [6.07, 6.45) is 5.14. The molecule has 1 amide bonds. The van der Waals surface area contributed by atoms with E-state index in [2.05, 4.69) is 23.7 Å². The molecule has 2 N–H and O–H groups in total. The van der Waals surface area contributed by atoms with Crippen LogP contribution in [0.5, 0.6) is 0 Å². The molecular formula is C23H33N3O3. The highest BCUT2D eigenvalue weighted by atomic mass is 16.4. The van der Waals surface area contributed by atoms with Gasteiger partial charge in [0.2, 0.25) is 0 Å². The fraction of sp³-hybridized carbons (Fsp3) is 0.565. The number of nitrogens with one attached hydrogen (secondary N) is 1. The average Bonchev–Trinajstić information content (AvgIpc) is 3.08. The maximum absolute atomic E-state index is 12.8. The van der Waals surface area contributed by atoms with Gasteiger partial charge in [0.25, 0.3) is 5.91 Å². The molecule has 0 radical (unpaired) electrons. The number of amides is 1. The summed E-state index contributed by atoms with van der Waals surface area (Å²) < 4.78 is 0. The lowest BCUT2D eigenvalue weighted by Crippen LogP contribution is -2.38. The minimum absolute atomic E-state index is 0.0580. The Labute approximate surface area is 172 Å². The smallest absolute Gasteiger partial charge is 0.303 e. The van der Waals surface area contributed by atoms with E-state index in [1.54, 1.807) is 11.9 Å². The summed E-state index contributed by atoms with van der Waals surface area (Å²) in [5, 5.41) is 9.93. The normalized spacial score (nSPS) is 15.3. The predicted octanol–water partition coefficient (Wildman–Crippen LogP) is 4.04. The number of nitrogens with zero attached hydrogens (tertiary/aromatic N) is 2. The van der Waals surface area contributed by atoms with Crippen molar-refractivity contribution in [3.05, 3.63) is 35.0 Å². The van der Waals surface area contributed by atoms with Gasteiger partial charge in [-0.2, -0.15) is 0 Å². The highest BCUT2D eigenvalue weighted by Crippen LogP contribution is 2.30. The molecule has 1 atom stereocenters. The summed E-state index contributed by atoms with van der Waals surface area (Å²) in [5.74, 6) is -0.887. The second-order valence-corrected chi connectivity index (χ2v) is 8.14. The van der Waals surface area contributed by atoms with Crippen LogP contribution in [0, 0.1) is 0 Å². The molecule has 0 saturated carbocycles. The van der Waals surface area contributed by atoms with Gasteiger partial charge in [0.05, 0.1) is 0 Å². The van der Waals surface area contributed by atoms with Crippen molar-refractivity contribution in [3.63, 3.8) is 0 Å². The van der Waals surface area contributed by atoms with E-state index in [-0.39, 0.29) is 12.3 Å². The first-order chi connectivity index (χ1) is 13.9. The quantitative estimate of drug-likeness (QED) is 0.667. The molecule has 29 heavy (non-hydrogen) atoms. The molecule has 0 saturated heterocycles. The van der Waals surface area contributed by atoms with Crippen molar-refractivity contribution in [2.24, 2.45) is 0 Å². The van der Waals surface area contributed by atoms with Crippen LogP contribution in [-0.4, -0.2) is 57.9 Å². The Morgan fingerprint density at radius 2 is 2.10 bits per heavy atom. The Morgan fingerprint density at radius 1 is 1.31 bits per heavy atom. The minimum atomic E-state index is -0.829. The first-order valence-electron chi connectivity index (χ1n) is 10.8. The lowest BCUT2D eigenvalue weighted by molar-refractivity contribution is -0.137. The van der Waals surface area contributed by atoms with Crippen LogP contribution in [0.4, 0.5) is 0 Å². The minimum Gasteiger partial charge on any atom is -0.481 e. The topological polar surface area (TPSA) is 76.6 Å². The molecule has 1 unspecified atom stereocenters. The predicted molar refractivity (Wildman–Crippen MR) is 115 cm³/mol. The summed E-state index contributed by atoms with van der Waals surface area (Å²) in [6.45, 7) is 6.96. The molecule has 2 heterocycles. The van der Waals surface area contributed by atoms with Crippen molar-refractivity contribution in [1.82, 2.24) is 14.8 Å². The zero-order valence-corrected chi connectivity index (χ0v) is 17.8.